The van der Waals surface area contributed by atoms with Crippen molar-refractivity contribution < 1.29 is 8.78 Å². The number of hydrogen-bond acceptors (Lipinski definition) is 1. The average molecular weight is 469 g/mol. The molecule has 0 aliphatic heterocycles. The summed E-state index contributed by atoms with van der Waals surface area (Å²) >= 11 is -2.98. The van der Waals surface area contributed by atoms with Crippen molar-refractivity contribution in [2.45, 2.75) is 72.6 Å². The molecule has 0 aliphatic carbocycles. The molecule has 0 amide bonds. The van der Waals surface area contributed by atoms with Gasteiger partial charge in [0.15, 0.2) is 0 Å². The fourth-order valence-corrected chi connectivity index (χ4v) is 20.6. The molecule has 0 radical (unpaired) electrons. The summed E-state index contributed by atoms with van der Waals surface area (Å²) in [7, 11) is 0. The molecule has 2 rings (SSSR count). The van der Waals surface area contributed by atoms with E-state index in [-0.39, 0.29) is 0 Å². The molecule has 26 heavy (non-hydrogen) atoms. The molecular formula is C21H32F2N2Sn. The quantitative estimate of drug-likeness (QED) is 0.358. The van der Waals surface area contributed by atoms with Crippen LogP contribution in [0.15, 0.2) is 30.6 Å². The van der Waals surface area contributed by atoms with Gasteiger partial charge in [0.1, 0.15) is 0 Å². The molecule has 0 spiro atoms. The molecule has 0 unspecified atom stereocenters. The van der Waals surface area contributed by atoms with Crippen molar-refractivity contribution >= 4 is 22.0 Å². The number of nitrogens with zero attached hydrogens (tertiary/aromatic N) is 2. The van der Waals surface area contributed by atoms with Crippen LogP contribution in [0.25, 0.3) is 5.69 Å². The van der Waals surface area contributed by atoms with E-state index in [0.29, 0.717) is 5.69 Å². The van der Waals surface area contributed by atoms with Crippen molar-refractivity contribution in [1.82, 2.24) is 9.78 Å². The summed E-state index contributed by atoms with van der Waals surface area (Å²) in [4.78, 5) is 0. The molecule has 0 N–H and O–H groups in total. The van der Waals surface area contributed by atoms with E-state index in [1.807, 2.05) is 0 Å². The molecule has 0 saturated carbocycles. The van der Waals surface area contributed by atoms with Crippen LogP contribution in [-0.2, 0) is 0 Å². The number of halogens is 2. The van der Waals surface area contributed by atoms with E-state index in [1.165, 1.54) is 13.3 Å². The van der Waals surface area contributed by atoms with Crippen LogP contribution in [0.1, 0.15) is 59.3 Å². The van der Waals surface area contributed by atoms with Crippen LogP contribution in [-0.4, -0.2) is 28.2 Å². The van der Waals surface area contributed by atoms with Crippen molar-refractivity contribution in [2.24, 2.45) is 0 Å². The zero-order valence-electron chi connectivity index (χ0n) is 16.4. The fourth-order valence-electron chi connectivity index (χ4n) is 3.93. The molecule has 2 aromatic rings. The summed E-state index contributed by atoms with van der Waals surface area (Å²) in [5.74, 6) is -0.923. The molecule has 144 valence electrons. The van der Waals surface area contributed by atoms with Gasteiger partial charge in [-0.25, -0.2) is 0 Å². The minimum atomic E-state index is -2.98. The molecule has 0 fully saturated rings. The molecular weight excluding hydrogens is 437 g/mol. The molecule has 1 heterocycles. The van der Waals surface area contributed by atoms with Crippen molar-refractivity contribution in [3.63, 3.8) is 0 Å². The summed E-state index contributed by atoms with van der Waals surface area (Å²) < 4.78 is 35.3. The first kappa shape index (κ1) is 21.4. The van der Waals surface area contributed by atoms with E-state index >= 15 is 0 Å². The Bertz CT molecular complexity index is 649. The molecule has 0 bridgehead atoms. The third-order valence-electron chi connectivity index (χ3n) is 5.36. The second-order valence-corrected chi connectivity index (χ2v) is 20.5. The SMILES string of the molecule is CCC[CH2][Sn]([CH2]CCC)([CH2]CCC)[c]1cc(F)cc(F)c1-n1cccn1. The average Bonchev–Trinajstić information content (AvgIpc) is 3.15. The second kappa shape index (κ2) is 10.4. The van der Waals surface area contributed by atoms with Crippen LogP contribution in [0.4, 0.5) is 8.78 Å². The summed E-state index contributed by atoms with van der Waals surface area (Å²) in [6.45, 7) is 6.62. The van der Waals surface area contributed by atoms with Gasteiger partial charge in [0.2, 0.25) is 0 Å². The first-order valence-corrected chi connectivity index (χ1v) is 17.6. The monoisotopic (exact) mass is 470 g/mol. The zero-order chi connectivity index (χ0) is 19.0. The molecule has 0 atom stereocenters. The maximum absolute atomic E-state index is 14.9. The van der Waals surface area contributed by atoms with Crippen LogP contribution in [0, 0.1) is 11.6 Å². The number of rotatable bonds is 11. The van der Waals surface area contributed by atoms with Crippen molar-refractivity contribution in [1.29, 1.82) is 0 Å². The number of aromatic nitrogens is 2. The number of benzene rings is 1. The Morgan fingerprint density at radius 3 is 1.96 bits per heavy atom. The van der Waals surface area contributed by atoms with E-state index in [0.717, 1.165) is 48.2 Å². The minimum absolute atomic E-state index is 0.445. The Morgan fingerprint density at radius 2 is 1.50 bits per heavy atom. The van der Waals surface area contributed by atoms with Gasteiger partial charge in [-0.3, -0.25) is 0 Å². The van der Waals surface area contributed by atoms with Gasteiger partial charge >= 0.3 is 161 Å². The van der Waals surface area contributed by atoms with Crippen LogP contribution < -0.4 is 3.58 Å². The topological polar surface area (TPSA) is 17.8 Å². The normalized spacial score (nSPS) is 11.9. The van der Waals surface area contributed by atoms with E-state index < -0.39 is 30.0 Å². The molecule has 1 aromatic heterocycles. The van der Waals surface area contributed by atoms with Crippen LogP contribution >= 0.6 is 0 Å². The first-order chi connectivity index (χ1) is 12.6. The summed E-state index contributed by atoms with van der Waals surface area (Å²) in [5, 5.41) is 4.28. The third kappa shape index (κ3) is 5.08. The van der Waals surface area contributed by atoms with Crippen LogP contribution in [0.5, 0.6) is 0 Å². The Hall–Kier alpha value is -0.911. The van der Waals surface area contributed by atoms with Gasteiger partial charge in [0.05, 0.1) is 0 Å². The zero-order valence-corrected chi connectivity index (χ0v) is 19.3. The Balaban J connectivity index is 2.64. The van der Waals surface area contributed by atoms with Gasteiger partial charge in [-0.05, 0) is 0 Å². The van der Waals surface area contributed by atoms with E-state index in [1.54, 1.807) is 29.2 Å². The Labute approximate surface area is 160 Å². The molecule has 2 nitrogen and oxygen atoms in total. The molecule has 5 heteroatoms. The van der Waals surface area contributed by atoms with Crippen molar-refractivity contribution in [3.05, 3.63) is 42.2 Å². The third-order valence-corrected chi connectivity index (χ3v) is 20.9. The predicted octanol–water partition coefficient (Wildman–Crippen LogP) is 6.21. The van der Waals surface area contributed by atoms with Gasteiger partial charge in [0, 0.05) is 0 Å². The predicted molar refractivity (Wildman–Crippen MR) is 108 cm³/mol. The number of unbranched alkanes of at least 4 members (excludes halogenated alkanes) is 3. The van der Waals surface area contributed by atoms with Crippen molar-refractivity contribution in [2.75, 3.05) is 0 Å². The van der Waals surface area contributed by atoms with Gasteiger partial charge in [-0.1, -0.05) is 0 Å². The van der Waals surface area contributed by atoms with Gasteiger partial charge in [0.25, 0.3) is 0 Å². The Kier molecular flexibility index (Phi) is 8.58. The van der Waals surface area contributed by atoms with Crippen LogP contribution in [0.3, 0.4) is 0 Å². The van der Waals surface area contributed by atoms with Crippen LogP contribution in [0.2, 0.25) is 13.3 Å². The first-order valence-electron chi connectivity index (χ1n) is 10.1. The Morgan fingerprint density at radius 1 is 0.923 bits per heavy atom. The molecule has 1 aromatic carbocycles. The number of hydrogen-bond donors (Lipinski definition) is 0. The van der Waals surface area contributed by atoms with E-state index in [4.69, 9.17) is 0 Å². The molecule has 0 saturated heterocycles. The standard InChI is InChI=1S/C9H5F2N2.3C4H9.Sn/c10-7-2-3-9(8(11)6-7)13-5-1-4-12-13;3*1-3-4-2;/h1-2,4-6H;3*1,3-4H2,2H3;. The summed E-state index contributed by atoms with van der Waals surface area (Å²) in [6, 6.07) is 4.46. The fraction of sp³-hybridized carbons (Fsp3) is 0.571. The van der Waals surface area contributed by atoms with E-state index in [2.05, 4.69) is 25.9 Å². The maximum atomic E-state index is 14.9. The van der Waals surface area contributed by atoms with Gasteiger partial charge < -0.3 is 0 Å². The summed E-state index contributed by atoms with van der Waals surface area (Å²) in [6.07, 6.45) is 10.3. The van der Waals surface area contributed by atoms with E-state index in [9.17, 15) is 8.78 Å². The van der Waals surface area contributed by atoms with Crippen molar-refractivity contribution in [3.8, 4) is 5.69 Å². The second-order valence-electron chi connectivity index (χ2n) is 7.33. The van der Waals surface area contributed by atoms with Gasteiger partial charge in [-0.2, -0.15) is 0 Å². The van der Waals surface area contributed by atoms with Gasteiger partial charge in [-0.15, -0.1) is 0 Å². The molecule has 0 aliphatic rings. The summed E-state index contributed by atoms with van der Waals surface area (Å²) in [5.41, 5.74) is 0.510.